The van der Waals surface area contributed by atoms with E-state index in [2.05, 4.69) is 31.4 Å². The largest absolute Gasteiger partial charge is 0.396 e. The van der Waals surface area contributed by atoms with Crippen molar-refractivity contribution >= 4 is 17.7 Å². The van der Waals surface area contributed by atoms with Gasteiger partial charge in [0.25, 0.3) is 0 Å². The molecule has 0 aromatic rings. The molecule has 3 aliphatic heterocycles. The van der Waals surface area contributed by atoms with E-state index in [0.29, 0.717) is 25.9 Å². The molecule has 0 aromatic carbocycles. The van der Waals surface area contributed by atoms with Gasteiger partial charge in [-0.25, -0.2) is 0 Å². The molecule has 0 radical (unpaired) electrons. The van der Waals surface area contributed by atoms with Crippen LogP contribution >= 0.6 is 0 Å². The summed E-state index contributed by atoms with van der Waals surface area (Å²) in [7, 11) is 0. The zero-order valence-corrected chi connectivity index (χ0v) is 23.5. The van der Waals surface area contributed by atoms with Crippen molar-refractivity contribution in [1.29, 1.82) is 0 Å². The highest BCUT2D eigenvalue weighted by molar-refractivity contribution is 5.99. The zero-order valence-electron chi connectivity index (χ0n) is 23.5. The summed E-state index contributed by atoms with van der Waals surface area (Å²) in [5.74, 6) is -1.70. The maximum atomic E-state index is 14.0. The van der Waals surface area contributed by atoms with Crippen LogP contribution in [0.25, 0.3) is 0 Å². The summed E-state index contributed by atoms with van der Waals surface area (Å²) in [5.41, 5.74) is -2.16. The van der Waals surface area contributed by atoms with E-state index in [1.807, 2.05) is 27.7 Å². The second kappa shape index (κ2) is 10.6. The van der Waals surface area contributed by atoms with Crippen molar-refractivity contribution in [1.82, 2.24) is 15.5 Å². The number of fused-ring (bicyclic) bond motifs is 1. The van der Waals surface area contributed by atoms with Gasteiger partial charge in [-0.05, 0) is 64.7 Å². The summed E-state index contributed by atoms with van der Waals surface area (Å²) in [6.07, 6.45) is 6.05. The van der Waals surface area contributed by atoms with E-state index in [1.54, 1.807) is 4.90 Å². The van der Waals surface area contributed by atoms with Crippen LogP contribution in [0.1, 0.15) is 99.8 Å². The van der Waals surface area contributed by atoms with Crippen molar-refractivity contribution < 1.29 is 24.2 Å². The lowest BCUT2D eigenvalue weighted by atomic mass is 9.66. The first-order valence-corrected chi connectivity index (χ1v) is 13.9. The van der Waals surface area contributed by atoms with E-state index in [-0.39, 0.29) is 29.7 Å². The molecule has 8 heteroatoms. The van der Waals surface area contributed by atoms with Gasteiger partial charge in [0.2, 0.25) is 17.7 Å². The molecule has 3 fully saturated rings. The standard InChI is InChI=1S/C28H49N3O5/c1-8-15-29-22(33)19-20-24(35)31(16-11-9-10-12-17-32)21(28(20)14-13-27(19,7)36-28)23(34)30-26(5,6)18-25(2,3)4/h19-21,32H,8-18H2,1-7H3,(H,29,33)(H,30,34)/t19-,20+,21?,27+,28?/m1/s1. The average Bonchev–Trinajstić information content (AvgIpc) is 3.30. The Labute approximate surface area is 217 Å². The van der Waals surface area contributed by atoms with Gasteiger partial charge in [-0.2, -0.15) is 0 Å². The smallest absolute Gasteiger partial charge is 0.246 e. The monoisotopic (exact) mass is 507 g/mol. The van der Waals surface area contributed by atoms with E-state index in [0.717, 1.165) is 38.5 Å². The van der Waals surface area contributed by atoms with Crippen molar-refractivity contribution in [3.05, 3.63) is 0 Å². The Morgan fingerprint density at radius 1 is 1.08 bits per heavy atom. The second-order valence-corrected chi connectivity index (χ2v) is 13.3. The maximum absolute atomic E-state index is 14.0. The summed E-state index contributed by atoms with van der Waals surface area (Å²) < 4.78 is 6.66. The van der Waals surface area contributed by atoms with E-state index in [9.17, 15) is 14.4 Å². The summed E-state index contributed by atoms with van der Waals surface area (Å²) in [6.45, 7) is 15.6. The third-order valence-electron chi connectivity index (χ3n) is 8.10. The van der Waals surface area contributed by atoms with Gasteiger partial charge in [0, 0.05) is 25.2 Å². The number of carbonyl (C=O) groups excluding carboxylic acids is 3. The molecule has 3 saturated heterocycles. The lowest BCUT2D eigenvalue weighted by Gasteiger charge is -2.38. The van der Waals surface area contributed by atoms with E-state index in [1.165, 1.54) is 0 Å². The first-order chi connectivity index (χ1) is 16.7. The number of aliphatic hydroxyl groups is 1. The van der Waals surface area contributed by atoms with Gasteiger partial charge in [0.1, 0.15) is 11.6 Å². The van der Waals surface area contributed by atoms with Gasteiger partial charge in [0.05, 0.1) is 17.4 Å². The molecule has 0 aliphatic carbocycles. The number of nitrogens with zero attached hydrogens (tertiary/aromatic N) is 1. The molecule has 0 saturated carbocycles. The molecule has 2 bridgehead atoms. The van der Waals surface area contributed by atoms with Crippen LogP contribution in [0.2, 0.25) is 0 Å². The Morgan fingerprint density at radius 3 is 2.36 bits per heavy atom. The Kier molecular flexibility index (Phi) is 8.51. The molecule has 2 unspecified atom stereocenters. The normalized spacial score (nSPS) is 31.6. The number of ether oxygens (including phenoxy) is 1. The Bertz CT molecular complexity index is 838. The third kappa shape index (κ3) is 5.59. The van der Waals surface area contributed by atoms with E-state index >= 15 is 0 Å². The minimum absolute atomic E-state index is 0.0216. The lowest BCUT2D eigenvalue weighted by molar-refractivity contribution is -0.147. The molecule has 3 rings (SSSR count). The number of nitrogens with one attached hydrogen (secondary N) is 2. The maximum Gasteiger partial charge on any atom is 0.246 e. The number of hydrogen-bond donors (Lipinski definition) is 3. The number of likely N-dealkylation sites (tertiary alicyclic amines) is 1. The van der Waals surface area contributed by atoms with E-state index < -0.39 is 34.6 Å². The van der Waals surface area contributed by atoms with Crippen molar-refractivity contribution in [2.24, 2.45) is 17.3 Å². The Balaban J connectivity index is 1.92. The van der Waals surface area contributed by atoms with Crippen LogP contribution in [0.4, 0.5) is 0 Å². The molecule has 206 valence electrons. The van der Waals surface area contributed by atoms with Crippen molar-refractivity contribution in [2.45, 2.75) is 123 Å². The molecule has 3 heterocycles. The van der Waals surface area contributed by atoms with Crippen molar-refractivity contribution in [3.63, 3.8) is 0 Å². The summed E-state index contributed by atoms with van der Waals surface area (Å²) in [5, 5.41) is 15.3. The number of rotatable bonds is 12. The predicted molar refractivity (Wildman–Crippen MR) is 139 cm³/mol. The van der Waals surface area contributed by atoms with Crippen LogP contribution in [0.3, 0.4) is 0 Å². The molecule has 3 aliphatic rings. The quantitative estimate of drug-likeness (QED) is 0.352. The molecule has 3 N–H and O–H groups in total. The van der Waals surface area contributed by atoms with Gasteiger partial charge in [-0.15, -0.1) is 0 Å². The van der Waals surface area contributed by atoms with Crippen LogP contribution in [-0.4, -0.2) is 70.2 Å². The van der Waals surface area contributed by atoms with E-state index in [4.69, 9.17) is 9.84 Å². The van der Waals surface area contributed by atoms with Gasteiger partial charge >= 0.3 is 0 Å². The van der Waals surface area contributed by atoms with Gasteiger partial charge in [-0.3, -0.25) is 14.4 Å². The molecule has 1 spiro atoms. The molecule has 8 nitrogen and oxygen atoms in total. The lowest BCUT2D eigenvalue weighted by Crippen LogP contribution is -2.59. The molecule has 36 heavy (non-hydrogen) atoms. The first-order valence-electron chi connectivity index (χ1n) is 13.9. The van der Waals surface area contributed by atoms with Crippen molar-refractivity contribution in [3.8, 4) is 0 Å². The zero-order chi connectivity index (χ0) is 26.9. The SMILES string of the molecule is CCCNC(=O)[C@H]1[C@H]2C(=O)N(CCCCCCO)C(C(=O)NC(C)(C)CC(C)(C)C)C23CC[C@]1(C)O3. The van der Waals surface area contributed by atoms with Gasteiger partial charge < -0.3 is 25.4 Å². The second-order valence-electron chi connectivity index (χ2n) is 13.3. The van der Waals surface area contributed by atoms with Crippen LogP contribution in [0.15, 0.2) is 0 Å². The molecular weight excluding hydrogens is 458 g/mol. The minimum Gasteiger partial charge on any atom is -0.396 e. The summed E-state index contributed by atoms with van der Waals surface area (Å²) in [4.78, 5) is 43.0. The molecule has 5 atom stereocenters. The number of carbonyl (C=O) groups is 3. The number of aliphatic hydroxyl groups excluding tert-OH is 1. The van der Waals surface area contributed by atoms with Crippen LogP contribution in [0.5, 0.6) is 0 Å². The van der Waals surface area contributed by atoms with Crippen LogP contribution in [-0.2, 0) is 19.1 Å². The van der Waals surface area contributed by atoms with Gasteiger partial charge in [-0.1, -0.05) is 40.5 Å². The summed E-state index contributed by atoms with van der Waals surface area (Å²) >= 11 is 0. The van der Waals surface area contributed by atoms with Crippen LogP contribution in [0, 0.1) is 17.3 Å². The highest BCUT2D eigenvalue weighted by Gasteiger charge is 2.77. The number of unbranched alkanes of at least 4 members (excludes halogenated alkanes) is 3. The average molecular weight is 508 g/mol. The fourth-order valence-corrected chi connectivity index (χ4v) is 7.25. The highest BCUT2D eigenvalue weighted by Crippen LogP contribution is 2.63. The fourth-order valence-electron chi connectivity index (χ4n) is 7.25. The van der Waals surface area contributed by atoms with Gasteiger partial charge in [0.15, 0.2) is 0 Å². The highest BCUT2D eigenvalue weighted by atomic mass is 16.5. The van der Waals surface area contributed by atoms with Crippen LogP contribution < -0.4 is 10.6 Å². The third-order valence-corrected chi connectivity index (χ3v) is 8.10. The fraction of sp³-hybridized carbons (Fsp3) is 0.893. The number of hydrogen-bond acceptors (Lipinski definition) is 5. The minimum atomic E-state index is -0.979. The van der Waals surface area contributed by atoms with Crippen molar-refractivity contribution in [2.75, 3.05) is 19.7 Å². The predicted octanol–water partition coefficient (Wildman–Crippen LogP) is 3.16. The molecule has 3 amide bonds. The first kappa shape index (κ1) is 28.9. The Morgan fingerprint density at radius 2 is 1.75 bits per heavy atom. The molecule has 0 aromatic heterocycles. The molecular formula is C28H49N3O5. The topological polar surface area (TPSA) is 108 Å². The summed E-state index contributed by atoms with van der Waals surface area (Å²) in [6, 6.07) is -0.752. The number of amides is 3. The Hall–Kier alpha value is -1.67.